The van der Waals surface area contributed by atoms with Crippen LogP contribution in [0.5, 0.6) is 11.5 Å². The van der Waals surface area contributed by atoms with E-state index in [1.165, 1.54) is 20.3 Å². The van der Waals surface area contributed by atoms with Gasteiger partial charge in [0, 0.05) is 18.2 Å². The van der Waals surface area contributed by atoms with Gasteiger partial charge in [0.05, 0.1) is 33.3 Å². The first-order valence-corrected chi connectivity index (χ1v) is 12.9. The summed E-state index contributed by atoms with van der Waals surface area (Å²) in [4.78, 5) is 43.8. The summed E-state index contributed by atoms with van der Waals surface area (Å²) >= 11 is 0. The number of hydrogen-bond donors (Lipinski definition) is 0. The van der Waals surface area contributed by atoms with Crippen LogP contribution in [0.2, 0.25) is 0 Å². The Balaban J connectivity index is 1.77. The van der Waals surface area contributed by atoms with Crippen LogP contribution in [-0.4, -0.2) is 67.7 Å². The number of ether oxygens (including phenoxy) is 5. The van der Waals surface area contributed by atoms with Crippen LogP contribution in [0.4, 0.5) is 0 Å². The van der Waals surface area contributed by atoms with Crippen molar-refractivity contribution in [3.05, 3.63) is 65.2 Å². The fourth-order valence-electron chi connectivity index (χ4n) is 6.03. The van der Waals surface area contributed by atoms with Crippen LogP contribution in [0.25, 0.3) is 5.76 Å². The number of fused-ring (bicyclic) bond motifs is 5. The van der Waals surface area contributed by atoms with E-state index in [2.05, 4.69) is 0 Å². The van der Waals surface area contributed by atoms with Crippen molar-refractivity contribution in [1.82, 2.24) is 4.90 Å². The van der Waals surface area contributed by atoms with Gasteiger partial charge in [-0.25, -0.2) is 4.79 Å². The van der Waals surface area contributed by atoms with Crippen molar-refractivity contribution in [3.63, 3.8) is 0 Å². The third-order valence-electron chi connectivity index (χ3n) is 7.54. The molecule has 9 nitrogen and oxygen atoms in total. The third kappa shape index (κ3) is 4.25. The molecule has 0 aromatic heterocycles. The van der Waals surface area contributed by atoms with E-state index in [9.17, 15) is 14.4 Å². The van der Waals surface area contributed by atoms with Gasteiger partial charge in [-0.15, -0.1) is 0 Å². The van der Waals surface area contributed by atoms with Gasteiger partial charge in [0.1, 0.15) is 11.4 Å². The zero-order valence-electron chi connectivity index (χ0n) is 23.0. The predicted octanol–water partition coefficient (Wildman–Crippen LogP) is 3.50. The molecule has 3 aliphatic rings. The van der Waals surface area contributed by atoms with Gasteiger partial charge in [0.25, 0.3) is 0 Å². The molecule has 0 N–H and O–H groups in total. The lowest BCUT2D eigenvalue weighted by atomic mass is 9.74. The zero-order valence-corrected chi connectivity index (χ0v) is 23.0. The number of carbonyl (C=O) groups excluding carboxylic acids is 3. The number of benzene rings is 2. The van der Waals surface area contributed by atoms with Gasteiger partial charge in [-0.1, -0.05) is 30.3 Å². The maximum atomic E-state index is 14.2. The van der Waals surface area contributed by atoms with Crippen molar-refractivity contribution in [2.45, 2.75) is 50.5 Å². The minimum atomic E-state index is -1.99. The summed E-state index contributed by atoms with van der Waals surface area (Å²) in [5, 5.41) is 0. The Morgan fingerprint density at radius 3 is 2.31 bits per heavy atom. The number of hydrogen-bond acceptors (Lipinski definition) is 9. The van der Waals surface area contributed by atoms with Gasteiger partial charge in [-0.05, 0) is 50.5 Å². The smallest absolute Gasteiger partial charge is 0.354 e. The Morgan fingerprint density at radius 1 is 1.03 bits per heavy atom. The number of carbonyl (C=O) groups is 3. The zero-order chi connectivity index (χ0) is 28.1. The highest BCUT2D eigenvalue weighted by atomic mass is 16.6. The molecular formula is C30H33NO8. The molecule has 0 unspecified atom stereocenters. The van der Waals surface area contributed by atoms with Gasteiger partial charge in [-0.3, -0.25) is 14.5 Å². The highest BCUT2D eigenvalue weighted by Crippen LogP contribution is 2.57. The number of methoxy groups -OCH3 is 3. The predicted molar refractivity (Wildman–Crippen MR) is 141 cm³/mol. The highest BCUT2D eigenvalue weighted by Gasteiger charge is 2.73. The fourth-order valence-corrected chi connectivity index (χ4v) is 6.03. The molecule has 2 aromatic carbocycles. The summed E-state index contributed by atoms with van der Waals surface area (Å²) in [5.74, 6) is -1.66. The monoisotopic (exact) mass is 535 g/mol. The standard InChI is InChI=1S/C30H33NO8/c1-29(2,3)39-28(34)30-24(20(32)16-21(38-30)17-10-8-7-9-11-17)25-19-15-23(36-5)22(35-4)14-18(19)12-13-31(25)26(30)27(33)37-6/h7-11,14-16,24-26H,12-13H2,1-6H3/t24-,25+,26+,30-/m1/s1. The van der Waals surface area contributed by atoms with Gasteiger partial charge in [0.2, 0.25) is 5.60 Å². The van der Waals surface area contributed by atoms with Gasteiger partial charge >= 0.3 is 11.9 Å². The first-order chi connectivity index (χ1) is 18.6. The van der Waals surface area contributed by atoms with E-state index in [0.29, 0.717) is 30.0 Å². The number of nitrogens with zero attached hydrogens (tertiary/aromatic N) is 1. The molecule has 39 heavy (non-hydrogen) atoms. The van der Waals surface area contributed by atoms with Crippen molar-refractivity contribution in [2.24, 2.45) is 5.92 Å². The molecule has 0 saturated carbocycles. The molecule has 5 rings (SSSR count). The first-order valence-electron chi connectivity index (χ1n) is 12.9. The molecule has 0 radical (unpaired) electrons. The van der Waals surface area contributed by atoms with Crippen LogP contribution in [0, 0.1) is 5.92 Å². The van der Waals surface area contributed by atoms with Crippen LogP contribution >= 0.6 is 0 Å². The summed E-state index contributed by atoms with van der Waals surface area (Å²) in [6, 6.07) is 10.8. The van der Waals surface area contributed by atoms with Crippen LogP contribution in [0.15, 0.2) is 48.5 Å². The molecule has 4 atom stereocenters. The average molecular weight is 536 g/mol. The van der Waals surface area contributed by atoms with Crippen molar-refractivity contribution >= 4 is 23.5 Å². The molecule has 2 aromatic rings. The van der Waals surface area contributed by atoms with Crippen LogP contribution in [0.1, 0.15) is 43.5 Å². The molecule has 9 heteroatoms. The largest absolute Gasteiger partial charge is 0.493 e. The van der Waals surface area contributed by atoms with Crippen LogP contribution in [0.3, 0.4) is 0 Å². The van der Waals surface area contributed by atoms with Crippen molar-refractivity contribution < 1.29 is 38.1 Å². The van der Waals surface area contributed by atoms with E-state index in [0.717, 1.165) is 11.1 Å². The number of ketones is 1. The molecule has 3 aliphatic heterocycles. The SMILES string of the molecule is COC(=O)[C@@H]1N2CCc3cc(OC)c(OC)cc3[C@H]2[C@H]2C(=O)C=C(c3ccccc3)O[C@]21C(=O)OC(C)(C)C. The number of allylic oxidation sites excluding steroid dienone is 1. The summed E-state index contributed by atoms with van der Waals surface area (Å²) in [6.45, 7) is 5.58. The maximum Gasteiger partial charge on any atom is 0.354 e. The molecule has 3 heterocycles. The maximum absolute atomic E-state index is 14.2. The minimum absolute atomic E-state index is 0.198. The van der Waals surface area contributed by atoms with E-state index in [1.54, 1.807) is 40.0 Å². The van der Waals surface area contributed by atoms with Crippen molar-refractivity contribution in [1.29, 1.82) is 0 Å². The quantitative estimate of drug-likeness (QED) is 0.533. The molecule has 206 valence electrons. The Morgan fingerprint density at radius 2 is 1.69 bits per heavy atom. The fraction of sp³-hybridized carbons (Fsp3) is 0.433. The van der Waals surface area contributed by atoms with Crippen molar-refractivity contribution in [2.75, 3.05) is 27.9 Å². The lowest BCUT2D eigenvalue weighted by molar-refractivity contribution is -0.190. The highest BCUT2D eigenvalue weighted by molar-refractivity contribution is 6.07. The first kappa shape index (κ1) is 26.7. The topological polar surface area (TPSA) is 101 Å². The van der Waals surface area contributed by atoms with Gasteiger partial charge in [-0.2, -0.15) is 0 Å². The normalized spacial score (nSPS) is 25.8. The molecule has 0 spiro atoms. The molecule has 1 fully saturated rings. The lowest BCUT2D eigenvalue weighted by Crippen LogP contribution is -2.62. The van der Waals surface area contributed by atoms with Crippen molar-refractivity contribution in [3.8, 4) is 11.5 Å². The Hall–Kier alpha value is -3.85. The summed E-state index contributed by atoms with van der Waals surface area (Å²) < 4.78 is 28.8. The van der Waals surface area contributed by atoms with Gasteiger partial charge in [0.15, 0.2) is 23.3 Å². The Labute approximate surface area is 227 Å². The number of esters is 2. The van der Waals surface area contributed by atoms with E-state index >= 15 is 0 Å². The van der Waals surface area contributed by atoms with Gasteiger partial charge < -0.3 is 23.7 Å². The summed E-state index contributed by atoms with van der Waals surface area (Å²) in [7, 11) is 4.35. The van der Waals surface area contributed by atoms with Crippen LogP contribution in [-0.2, 0) is 35.0 Å². The van der Waals surface area contributed by atoms with E-state index in [1.807, 2.05) is 35.2 Å². The summed E-state index contributed by atoms with van der Waals surface area (Å²) in [5.41, 5.74) is -0.598. The van der Waals surface area contributed by atoms with Crippen LogP contribution < -0.4 is 9.47 Å². The second kappa shape index (κ2) is 9.72. The average Bonchev–Trinajstić information content (AvgIpc) is 3.23. The molecule has 0 aliphatic carbocycles. The number of rotatable bonds is 5. The Kier molecular flexibility index (Phi) is 6.66. The molecule has 0 bridgehead atoms. The molecule has 1 saturated heterocycles. The third-order valence-corrected chi connectivity index (χ3v) is 7.54. The molecular weight excluding hydrogens is 502 g/mol. The second-order valence-electron chi connectivity index (χ2n) is 10.9. The molecule has 0 amide bonds. The lowest BCUT2D eigenvalue weighted by Gasteiger charge is -2.40. The minimum Gasteiger partial charge on any atom is -0.493 e. The van der Waals surface area contributed by atoms with E-state index in [4.69, 9.17) is 23.7 Å². The Bertz CT molecular complexity index is 1340. The summed E-state index contributed by atoms with van der Waals surface area (Å²) in [6.07, 6.45) is 1.96. The van der Waals surface area contributed by atoms with E-state index < -0.39 is 41.1 Å². The van der Waals surface area contributed by atoms with E-state index in [-0.39, 0.29) is 11.5 Å². The second-order valence-corrected chi connectivity index (χ2v) is 10.9.